The lowest BCUT2D eigenvalue weighted by atomic mass is 9.93. The van der Waals surface area contributed by atoms with E-state index in [1.165, 1.54) is 10.8 Å². The van der Waals surface area contributed by atoms with Gasteiger partial charge in [0, 0.05) is 18.3 Å². The van der Waals surface area contributed by atoms with Gasteiger partial charge in [0.15, 0.2) is 5.58 Å². The van der Waals surface area contributed by atoms with E-state index >= 15 is 0 Å². The van der Waals surface area contributed by atoms with Gasteiger partial charge in [0.25, 0.3) is 0 Å². The van der Waals surface area contributed by atoms with Crippen LogP contribution in [0.1, 0.15) is 31.2 Å². The fourth-order valence-corrected chi connectivity index (χ4v) is 3.59. The minimum atomic E-state index is -0.534. The fourth-order valence-electron chi connectivity index (χ4n) is 3.59. The van der Waals surface area contributed by atoms with E-state index in [0.717, 1.165) is 25.7 Å². The van der Waals surface area contributed by atoms with Gasteiger partial charge in [-0.1, -0.05) is 12.1 Å². The average Bonchev–Trinajstić information content (AvgIpc) is 3.05. The number of nitrogens with one attached hydrogen (secondary N) is 1. The lowest BCUT2D eigenvalue weighted by Gasteiger charge is -2.29. The second kappa shape index (κ2) is 8.19. The van der Waals surface area contributed by atoms with Crippen molar-refractivity contribution in [1.29, 1.82) is 5.26 Å². The van der Waals surface area contributed by atoms with Crippen molar-refractivity contribution in [3.63, 3.8) is 0 Å². The molecule has 3 aromatic rings. The van der Waals surface area contributed by atoms with E-state index in [0.29, 0.717) is 22.5 Å². The Balaban J connectivity index is 1.29. The van der Waals surface area contributed by atoms with Crippen LogP contribution in [-0.4, -0.2) is 27.6 Å². The van der Waals surface area contributed by atoms with Crippen molar-refractivity contribution in [3.8, 4) is 11.9 Å². The van der Waals surface area contributed by atoms with E-state index < -0.39 is 5.76 Å². The van der Waals surface area contributed by atoms with Gasteiger partial charge in [0.2, 0.25) is 11.8 Å². The van der Waals surface area contributed by atoms with Crippen LogP contribution in [0.5, 0.6) is 5.88 Å². The summed E-state index contributed by atoms with van der Waals surface area (Å²) in [4.78, 5) is 28.6. The smallest absolute Gasteiger partial charge is 0.420 e. The molecule has 2 aromatic heterocycles. The summed E-state index contributed by atoms with van der Waals surface area (Å²) < 4.78 is 12.4. The Morgan fingerprint density at radius 1 is 1.24 bits per heavy atom. The zero-order valence-corrected chi connectivity index (χ0v) is 15.7. The second-order valence-electron chi connectivity index (χ2n) is 7.08. The minimum absolute atomic E-state index is 0.0315. The number of carbonyl (C=O) groups excluding carboxylic acids is 1. The molecule has 0 unspecified atom stereocenters. The molecule has 0 atom stereocenters. The number of hydrogen-bond donors (Lipinski definition) is 1. The molecule has 1 aliphatic carbocycles. The van der Waals surface area contributed by atoms with Crippen molar-refractivity contribution >= 4 is 17.0 Å². The number of ether oxygens (including phenoxy) is 1. The van der Waals surface area contributed by atoms with Crippen molar-refractivity contribution in [3.05, 3.63) is 58.7 Å². The molecule has 1 fully saturated rings. The van der Waals surface area contributed by atoms with Gasteiger partial charge in [-0.2, -0.15) is 5.26 Å². The highest BCUT2D eigenvalue weighted by molar-refractivity contribution is 5.79. The van der Waals surface area contributed by atoms with Crippen LogP contribution in [0.2, 0.25) is 0 Å². The van der Waals surface area contributed by atoms with Crippen molar-refractivity contribution in [1.82, 2.24) is 14.9 Å². The first-order valence-corrected chi connectivity index (χ1v) is 9.53. The van der Waals surface area contributed by atoms with Gasteiger partial charge >= 0.3 is 5.76 Å². The first kappa shape index (κ1) is 18.7. The van der Waals surface area contributed by atoms with Gasteiger partial charge in [-0.05, 0) is 43.9 Å². The molecule has 1 aromatic carbocycles. The summed E-state index contributed by atoms with van der Waals surface area (Å²) in [6.45, 7) is -0.0680. The lowest BCUT2D eigenvalue weighted by molar-refractivity contribution is -0.122. The SMILES string of the molecule is N#Cc1ccc(OC2CCC(NC(=O)Cn3c(=O)oc4ccccc43)CC2)nc1. The highest BCUT2D eigenvalue weighted by Gasteiger charge is 2.24. The van der Waals surface area contributed by atoms with Crippen LogP contribution in [-0.2, 0) is 11.3 Å². The van der Waals surface area contributed by atoms with E-state index in [-0.39, 0.29) is 24.6 Å². The van der Waals surface area contributed by atoms with Gasteiger partial charge < -0.3 is 14.5 Å². The Bertz CT molecular complexity index is 1100. The minimum Gasteiger partial charge on any atom is -0.474 e. The van der Waals surface area contributed by atoms with Crippen molar-refractivity contribution in [2.24, 2.45) is 0 Å². The van der Waals surface area contributed by atoms with Crippen LogP contribution in [0.15, 0.2) is 51.8 Å². The Morgan fingerprint density at radius 2 is 2.03 bits per heavy atom. The first-order valence-electron chi connectivity index (χ1n) is 9.53. The van der Waals surface area contributed by atoms with Crippen LogP contribution >= 0.6 is 0 Å². The van der Waals surface area contributed by atoms with Gasteiger partial charge in [-0.15, -0.1) is 0 Å². The number of aromatic nitrogens is 2. The fraction of sp³-hybridized carbons (Fsp3) is 0.333. The van der Waals surface area contributed by atoms with Crippen molar-refractivity contribution in [2.45, 2.75) is 44.4 Å². The monoisotopic (exact) mass is 392 g/mol. The molecular formula is C21H20N4O4. The lowest BCUT2D eigenvalue weighted by Crippen LogP contribution is -2.41. The number of para-hydroxylation sites is 2. The van der Waals surface area contributed by atoms with Gasteiger partial charge in [0.1, 0.15) is 18.7 Å². The first-order chi connectivity index (χ1) is 14.1. The normalized spacial score (nSPS) is 18.9. The second-order valence-corrected chi connectivity index (χ2v) is 7.08. The molecular weight excluding hydrogens is 372 g/mol. The van der Waals surface area contributed by atoms with Crippen molar-refractivity contribution in [2.75, 3.05) is 0 Å². The van der Waals surface area contributed by atoms with E-state index in [4.69, 9.17) is 14.4 Å². The molecule has 1 aliphatic rings. The number of amides is 1. The molecule has 29 heavy (non-hydrogen) atoms. The summed E-state index contributed by atoms with van der Waals surface area (Å²) in [7, 11) is 0. The number of fused-ring (bicyclic) bond motifs is 1. The molecule has 2 heterocycles. The molecule has 1 amide bonds. The molecule has 0 radical (unpaired) electrons. The van der Waals surface area contributed by atoms with Crippen LogP contribution in [0, 0.1) is 11.3 Å². The van der Waals surface area contributed by atoms with Crippen LogP contribution < -0.4 is 15.8 Å². The highest BCUT2D eigenvalue weighted by Crippen LogP contribution is 2.23. The Morgan fingerprint density at radius 3 is 2.76 bits per heavy atom. The summed E-state index contributed by atoms with van der Waals surface area (Å²) in [5.41, 5.74) is 1.58. The standard InChI is InChI=1S/C21H20N4O4/c22-11-14-5-10-20(23-12-14)28-16-8-6-15(7-9-16)24-19(26)13-25-17-3-1-2-4-18(17)29-21(25)27/h1-5,10,12,15-16H,6-9,13H2,(H,24,26). The summed E-state index contributed by atoms with van der Waals surface area (Å²) in [6, 6.07) is 12.5. The molecule has 0 aliphatic heterocycles. The van der Waals surface area contributed by atoms with E-state index in [1.807, 2.05) is 6.07 Å². The topological polar surface area (TPSA) is 110 Å². The third-order valence-electron chi connectivity index (χ3n) is 5.07. The molecule has 0 saturated heterocycles. The molecule has 8 nitrogen and oxygen atoms in total. The average molecular weight is 392 g/mol. The van der Waals surface area contributed by atoms with Crippen molar-refractivity contribution < 1.29 is 13.9 Å². The zero-order valence-electron chi connectivity index (χ0n) is 15.7. The number of nitrogens with zero attached hydrogens (tertiary/aromatic N) is 3. The number of carbonyl (C=O) groups is 1. The van der Waals surface area contributed by atoms with Crippen LogP contribution in [0.25, 0.3) is 11.1 Å². The molecule has 4 rings (SSSR count). The largest absolute Gasteiger partial charge is 0.474 e. The predicted molar refractivity (Wildman–Crippen MR) is 104 cm³/mol. The number of hydrogen-bond acceptors (Lipinski definition) is 6. The van der Waals surface area contributed by atoms with Gasteiger partial charge in [0.05, 0.1) is 11.1 Å². The Kier molecular flexibility index (Phi) is 5.29. The Labute approximate surface area is 166 Å². The maximum absolute atomic E-state index is 12.4. The number of oxazole rings is 1. The number of rotatable bonds is 5. The zero-order chi connectivity index (χ0) is 20.2. The molecule has 8 heteroatoms. The third-order valence-corrected chi connectivity index (χ3v) is 5.07. The van der Waals surface area contributed by atoms with Gasteiger partial charge in [-0.3, -0.25) is 9.36 Å². The molecule has 148 valence electrons. The molecule has 0 spiro atoms. The highest BCUT2D eigenvalue weighted by atomic mass is 16.5. The summed E-state index contributed by atoms with van der Waals surface area (Å²) >= 11 is 0. The van der Waals surface area contributed by atoms with E-state index in [1.54, 1.807) is 36.4 Å². The maximum Gasteiger partial charge on any atom is 0.420 e. The molecule has 1 N–H and O–H groups in total. The molecule has 0 bridgehead atoms. The van der Waals surface area contributed by atoms with Gasteiger partial charge in [-0.25, -0.2) is 9.78 Å². The summed E-state index contributed by atoms with van der Waals surface area (Å²) in [6.07, 6.45) is 4.68. The third kappa shape index (κ3) is 4.29. The number of nitriles is 1. The predicted octanol–water partition coefficient (Wildman–Crippen LogP) is 2.37. The quantitative estimate of drug-likeness (QED) is 0.714. The number of pyridine rings is 1. The summed E-state index contributed by atoms with van der Waals surface area (Å²) in [5.74, 6) is -0.243. The van der Waals surface area contributed by atoms with Crippen LogP contribution in [0.4, 0.5) is 0 Å². The van der Waals surface area contributed by atoms with Crippen LogP contribution in [0.3, 0.4) is 0 Å². The number of benzene rings is 1. The van der Waals surface area contributed by atoms with E-state index in [9.17, 15) is 9.59 Å². The molecule has 1 saturated carbocycles. The maximum atomic E-state index is 12.4. The Hall–Kier alpha value is -3.60. The van der Waals surface area contributed by atoms with E-state index in [2.05, 4.69) is 10.3 Å². The summed E-state index contributed by atoms with van der Waals surface area (Å²) in [5, 5.41) is 11.8.